The van der Waals surface area contributed by atoms with Gasteiger partial charge in [-0.25, -0.2) is 4.79 Å². The second-order valence-electron chi connectivity index (χ2n) is 8.00. The van der Waals surface area contributed by atoms with Crippen LogP contribution in [0.3, 0.4) is 0 Å². The zero-order chi connectivity index (χ0) is 20.9. The number of aromatic nitrogens is 2. The highest BCUT2D eigenvalue weighted by molar-refractivity contribution is 5.94. The van der Waals surface area contributed by atoms with Gasteiger partial charge in [0.1, 0.15) is 5.82 Å². The van der Waals surface area contributed by atoms with Gasteiger partial charge in [-0.15, -0.1) is 0 Å². The van der Waals surface area contributed by atoms with Crippen LogP contribution in [0, 0.1) is 0 Å². The van der Waals surface area contributed by atoms with Gasteiger partial charge in [0.25, 0.3) is 0 Å². The standard InChI is InChI=1S/C20H24F3N5O/c1-24-19(14-6-4-3-5-7-14)10-8-18(9-11-19)13-28(17(29)25-18)16-12-15(20(21,22)23)26-27(16)2/h3-7,12,24H,8-11,13H2,1-2H3,(H,25,29). The normalized spacial score (nSPS) is 27.5. The molecular weight excluding hydrogens is 383 g/mol. The molecule has 2 N–H and O–H groups in total. The molecule has 6 nitrogen and oxygen atoms in total. The molecule has 2 aromatic rings. The molecule has 2 aliphatic rings. The number of aryl methyl sites for hydroxylation is 1. The lowest BCUT2D eigenvalue weighted by Gasteiger charge is -2.45. The van der Waals surface area contributed by atoms with Gasteiger partial charge in [-0.2, -0.15) is 18.3 Å². The average molecular weight is 407 g/mol. The largest absolute Gasteiger partial charge is 0.435 e. The molecule has 4 rings (SSSR count). The summed E-state index contributed by atoms with van der Waals surface area (Å²) in [6, 6.07) is 10.8. The Balaban J connectivity index is 1.54. The Labute approximate surface area is 167 Å². The Kier molecular flexibility index (Phi) is 4.60. The summed E-state index contributed by atoms with van der Waals surface area (Å²) in [5, 5.41) is 10.0. The Hall–Kier alpha value is -2.55. The Bertz CT molecular complexity index is 901. The van der Waals surface area contributed by atoms with Crippen LogP contribution >= 0.6 is 0 Å². The summed E-state index contributed by atoms with van der Waals surface area (Å²) in [5.74, 6) is 0.153. The number of rotatable bonds is 3. The maximum absolute atomic E-state index is 13.0. The van der Waals surface area contributed by atoms with Crippen LogP contribution in [-0.2, 0) is 18.8 Å². The van der Waals surface area contributed by atoms with Gasteiger partial charge in [0.2, 0.25) is 0 Å². The van der Waals surface area contributed by atoms with Crippen molar-refractivity contribution >= 4 is 11.8 Å². The fourth-order valence-electron chi connectivity index (χ4n) is 4.62. The number of benzene rings is 1. The molecule has 9 heteroatoms. The molecule has 1 aromatic carbocycles. The number of carbonyl (C=O) groups excluding carboxylic acids is 1. The number of alkyl halides is 3. The van der Waals surface area contributed by atoms with Gasteiger partial charge in [0.05, 0.1) is 12.1 Å². The van der Waals surface area contributed by atoms with Crippen molar-refractivity contribution in [2.75, 3.05) is 18.5 Å². The lowest BCUT2D eigenvalue weighted by atomic mass is 9.69. The molecule has 1 aliphatic heterocycles. The van der Waals surface area contributed by atoms with Crippen LogP contribution in [0.1, 0.15) is 36.9 Å². The van der Waals surface area contributed by atoms with Crippen LogP contribution in [0.5, 0.6) is 0 Å². The highest BCUT2D eigenvalue weighted by Gasteiger charge is 2.50. The number of nitrogens with zero attached hydrogens (tertiary/aromatic N) is 3. The Morgan fingerprint density at radius 2 is 1.79 bits per heavy atom. The molecule has 0 atom stereocenters. The van der Waals surface area contributed by atoms with Crippen molar-refractivity contribution in [3.05, 3.63) is 47.7 Å². The lowest BCUT2D eigenvalue weighted by molar-refractivity contribution is -0.141. The number of nitrogens with one attached hydrogen (secondary N) is 2. The first-order valence-electron chi connectivity index (χ1n) is 9.63. The van der Waals surface area contributed by atoms with E-state index in [1.807, 2.05) is 25.2 Å². The molecule has 0 radical (unpaired) electrons. The maximum Gasteiger partial charge on any atom is 0.435 e. The average Bonchev–Trinajstić information content (AvgIpc) is 3.23. The molecule has 2 fully saturated rings. The van der Waals surface area contributed by atoms with E-state index >= 15 is 0 Å². The van der Waals surface area contributed by atoms with E-state index in [0.29, 0.717) is 6.54 Å². The van der Waals surface area contributed by atoms with Gasteiger partial charge in [0.15, 0.2) is 5.69 Å². The molecule has 1 spiro atoms. The summed E-state index contributed by atoms with van der Waals surface area (Å²) in [7, 11) is 3.37. The topological polar surface area (TPSA) is 62.2 Å². The molecule has 29 heavy (non-hydrogen) atoms. The maximum atomic E-state index is 13.0. The second kappa shape index (κ2) is 6.76. The number of urea groups is 1. The van der Waals surface area contributed by atoms with E-state index < -0.39 is 17.4 Å². The van der Waals surface area contributed by atoms with E-state index in [-0.39, 0.29) is 17.4 Å². The molecular formula is C20H24F3N5O. The molecule has 0 bridgehead atoms. The Morgan fingerprint density at radius 3 is 2.34 bits per heavy atom. The molecule has 2 amide bonds. The fourth-order valence-corrected chi connectivity index (χ4v) is 4.62. The summed E-state index contributed by atoms with van der Waals surface area (Å²) in [6.45, 7) is 0.331. The van der Waals surface area contributed by atoms with Crippen LogP contribution in [0.4, 0.5) is 23.8 Å². The smallest absolute Gasteiger partial charge is 0.330 e. The minimum Gasteiger partial charge on any atom is -0.330 e. The monoisotopic (exact) mass is 407 g/mol. The van der Waals surface area contributed by atoms with Crippen LogP contribution < -0.4 is 15.5 Å². The number of hydrogen-bond acceptors (Lipinski definition) is 3. The first-order valence-corrected chi connectivity index (χ1v) is 9.63. The number of halogens is 3. The van der Waals surface area contributed by atoms with Gasteiger partial charge < -0.3 is 10.6 Å². The predicted molar refractivity (Wildman–Crippen MR) is 102 cm³/mol. The highest BCUT2D eigenvalue weighted by Crippen LogP contribution is 2.44. The van der Waals surface area contributed by atoms with E-state index in [1.165, 1.54) is 17.5 Å². The molecule has 1 saturated heterocycles. The third-order valence-corrected chi connectivity index (χ3v) is 6.37. The Morgan fingerprint density at radius 1 is 1.14 bits per heavy atom. The highest BCUT2D eigenvalue weighted by atomic mass is 19.4. The van der Waals surface area contributed by atoms with E-state index in [9.17, 15) is 18.0 Å². The van der Waals surface area contributed by atoms with Crippen molar-refractivity contribution in [3.63, 3.8) is 0 Å². The SMILES string of the molecule is CNC1(c2ccccc2)CCC2(CC1)CN(c1cc(C(F)(F)F)nn1C)C(=O)N2. The van der Waals surface area contributed by atoms with Gasteiger partial charge in [-0.3, -0.25) is 9.58 Å². The molecule has 2 heterocycles. The first-order chi connectivity index (χ1) is 13.7. The molecule has 1 saturated carbocycles. The van der Waals surface area contributed by atoms with Crippen LogP contribution in [0.25, 0.3) is 0 Å². The third-order valence-electron chi connectivity index (χ3n) is 6.37. The van der Waals surface area contributed by atoms with Crippen LogP contribution in [0.2, 0.25) is 0 Å². The number of carbonyl (C=O) groups is 1. The quantitative estimate of drug-likeness (QED) is 0.820. The van der Waals surface area contributed by atoms with E-state index in [1.54, 1.807) is 0 Å². The first kappa shape index (κ1) is 19.8. The van der Waals surface area contributed by atoms with E-state index in [2.05, 4.69) is 27.9 Å². The van der Waals surface area contributed by atoms with E-state index in [4.69, 9.17) is 0 Å². The minimum absolute atomic E-state index is 0.153. The lowest BCUT2D eigenvalue weighted by Crippen LogP contribution is -2.53. The van der Waals surface area contributed by atoms with Gasteiger partial charge in [-0.1, -0.05) is 30.3 Å². The summed E-state index contributed by atoms with van der Waals surface area (Å²) in [6.07, 6.45) is -1.44. The zero-order valence-corrected chi connectivity index (χ0v) is 16.4. The molecule has 1 aliphatic carbocycles. The van der Waals surface area contributed by atoms with Gasteiger partial charge >= 0.3 is 12.2 Å². The third kappa shape index (κ3) is 3.37. The predicted octanol–water partition coefficient (Wildman–Crippen LogP) is 3.40. The van der Waals surface area contributed by atoms with Crippen molar-refractivity contribution in [3.8, 4) is 0 Å². The van der Waals surface area contributed by atoms with Crippen molar-refractivity contribution < 1.29 is 18.0 Å². The molecule has 0 unspecified atom stereocenters. The zero-order valence-electron chi connectivity index (χ0n) is 16.4. The summed E-state index contributed by atoms with van der Waals surface area (Å²) < 4.78 is 40.1. The second-order valence-corrected chi connectivity index (χ2v) is 8.00. The number of anilines is 1. The van der Waals surface area contributed by atoms with Crippen molar-refractivity contribution in [2.45, 2.75) is 42.9 Å². The van der Waals surface area contributed by atoms with Crippen LogP contribution in [-0.4, -0.2) is 34.9 Å². The van der Waals surface area contributed by atoms with Crippen molar-refractivity contribution in [2.24, 2.45) is 7.05 Å². The van der Waals surface area contributed by atoms with Crippen molar-refractivity contribution in [1.82, 2.24) is 20.4 Å². The van der Waals surface area contributed by atoms with Crippen LogP contribution in [0.15, 0.2) is 36.4 Å². The molecule has 156 valence electrons. The molecule has 1 aromatic heterocycles. The summed E-state index contributed by atoms with van der Waals surface area (Å²) in [5.41, 5.74) is -0.402. The fraction of sp³-hybridized carbons (Fsp3) is 0.500. The number of hydrogen-bond donors (Lipinski definition) is 2. The van der Waals surface area contributed by atoms with Gasteiger partial charge in [-0.05, 0) is 38.3 Å². The van der Waals surface area contributed by atoms with E-state index in [0.717, 1.165) is 36.4 Å². The van der Waals surface area contributed by atoms with Crippen molar-refractivity contribution in [1.29, 1.82) is 0 Å². The minimum atomic E-state index is -4.54. The van der Waals surface area contributed by atoms with Gasteiger partial charge in [0, 0.05) is 18.7 Å². The summed E-state index contributed by atoms with van der Waals surface area (Å²) in [4.78, 5) is 14.0. The number of amides is 2. The summed E-state index contributed by atoms with van der Waals surface area (Å²) >= 11 is 0.